The summed E-state index contributed by atoms with van der Waals surface area (Å²) >= 11 is 0. The average Bonchev–Trinajstić information content (AvgIpc) is 3.30. The van der Waals surface area contributed by atoms with E-state index in [9.17, 15) is 9.18 Å². The Bertz CT molecular complexity index is 1850. The quantitative estimate of drug-likeness (QED) is 0.189. The molecule has 1 fully saturated rings. The SMILES string of the molecule is CC(=O)c1ccc2nc(Cc3ccc(-c4cccc(OCc5ccc(C#N)cc5F)n4)c(C)c3)n(C[C@@H]3CCO3)c2c1. The van der Waals surface area contributed by atoms with Crippen LogP contribution >= 0.6 is 0 Å². The number of ether oxygens (including phenoxy) is 2. The molecule has 5 aromatic rings. The number of hydrogen-bond donors (Lipinski definition) is 0. The molecule has 1 aliphatic heterocycles. The number of fused-ring (bicyclic) bond motifs is 1. The van der Waals surface area contributed by atoms with E-state index in [1.807, 2.05) is 49.4 Å². The van der Waals surface area contributed by atoms with Crippen molar-refractivity contribution < 1.29 is 18.7 Å². The lowest BCUT2D eigenvalue weighted by Gasteiger charge is -2.27. The highest BCUT2D eigenvalue weighted by molar-refractivity contribution is 5.97. The fourth-order valence-corrected chi connectivity index (χ4v) is 5.20. The van der Waals surface area contributed by atoms with Crippen LogP contribution < -0.4 is 4.74 Å². The number of nitrogens with zero attached hydrogens (tertiary/aromatic N) is 4. The minimum Gasteiger partial charge on any atom is -0.473 e. The molecule has 0 bridgehead atoms. The number of carbonyl (C=O) groups is 1. The zero-order valence-electron chi connectivity index (χ0n) is 23.4. The van der Waals surface area contributed by atoms with Crippen LogP contribution in [0.3, 0.4) is 0 Å². The van der Waals surface area contributed by atoms with Gasteiger partial charge in [-0.3, -0.25) is 4.79 Å². The predicted molar refractivity (Wildman–Crippen MR) is 157 cm³/mol. The Hall–Kier alpha value is -4.87. The van der Waals surface area contributed by atoms with Crippen LogP contribution in [0.15, 0.2) is 72.8 Å². The number of ketones is 1. The molecule has 2 aromatic heterocycles. The van der Waals surface area contributed by atoms with Crippen molar-refractivity contribution in [2.24, 2.45) is 0 Å². The van der Waals surface area contributed by atoms with E-state index in [1.54, 1.807) is 25.1 Å². The first kappa shape index (κ1) is 27.3. The maximum Gasteiger partial charge on any atom is 0.214 e. The number of carbonyl (C=O) groups excluding carboxylic acids is 1. The Labute approximate surface area is 243 Å². The normalized spacial score (nSPS) is 14.4. The van der Waals surface area contributed by atoms with Crippen LogP contribution in [0.2, 0.25) is 0 Å². The molecule has 0 aliphatic carbocycles. The van der Waals surface area contributed by atoms with E-state index in [2.05, 4.69) is 21.7 Å². The van der Waals surface area contributed by atoms with Crippen LogP contribution in [0.1, 0.15) is 51.8 Å². The van der Waals surface area contributed by atoms with E-state index in [0.29, 0.717) is 30.0 Å². The zero-order valence-corrected chi connectivity index (χ0v) is 23.4. The molecule has 0 saturated carbocycles. The molecule has 0 spiro atoms. The van der Waals surface area contributed by atoms with Gasteiger partial charge in [0.1, 0.15) is 18.2 Å². The van der Waals surface area contributed by atoms with E-state index in [-0.39, 0.29) is 24.1 Å². The number of hydrogen-bond acceptors (Lipinski definition) is 6. The van der Waals surface area contributed by atoms with Crippen LogP contribution in [0.4, 0.5) is 4.39 Å². The van der Waals surface area contributed by atoms with Gasteiger partial charge in [-0.05, 0) is 67.8 Å². The highest BCUT2D eigenvalue weighted by Gasteiger charge is 2.22. The fourth-order valence-electron chi connectivity index (χ4n) is 5.20. The average molecular weight is 561 g/mol. The third-order valence-electron chi connectivity index (χ3n) is 7.62. The van der Waals surface area contributed by atoms with Crippen molar-refractivity contribution >= 4 is 16.8 Å². The highest BCUT2D eigenvalue weighted by atomic mass is 19.1. The molecule has 3 aromatic carbocycles. The molecule has 6 rings (SSSR count). The van der Waals surface area contributed by atoms with Gasteiger partial charge in [-0.25, -0.2) is 14.4 Å². The van der Waals surface area contributed by atoms with E-state index in [0.717, 1.165) is 52.3 Å². The monoisotopic (exact) mass is 560 g/mol. The molecule has 3 heterocycles. The smallest absolute Gasteiger partial charge is 0.214 e. The van der Waals surface area contributed by atoms with Crippen LogP contribution in [-0.4, -0.2) is 33.0 Å². The Balaban J connectivity index is 1.23. The second kappa shape index (κ2) is 11.6. The zero-order chi connectivity index (χ0) is 29.2. The van der Waals surface area contributed by atoms with Crippen molar-refractivity contribution in [3.63, 3.8) is 0 Å². The Morgan fingerprint density at radius 3 is 2.69 bits per heavy atom. The fraction of sp³-hybridized carbons (Fsp3) is 0.235. The van der Waals surface area contributed by atoms with Crippen LogP contribution in [0.25, 0.3) is 22.3 Å². The molecule has 0 amide bonds. The molecular weight excluding hydrogens is 531 g/mol. The second-order valence-electron chi connectivity index (χ2n) is 10.6. The number of aryl methyl sites for hydroxylation is 1. The molecule has 210 valence electrons. The number of aromatic nitrogens is 3. The number of pyridine rings is 1. The molecule has 8 heteroatoms. The standard InChI is InChI=1S/C34H29FN4O3/c1-21-14-23(16-33-37-31-11-9-25(22(2)40)17-32(31)39(33)19-27-12-13-41-27)7-10-28(21)30-4-3-5-34(38-30)42-20-26-8-6-24(18-36)15-29(26)35/h3-11,14-15,17,27H,12-13,16,19-20H2,1-2H3/t27-/m0/s1. The van der Waals surface area contributed by atoms with Gasteiger partial charge in [0.2, 0.25) is 5.88 Å². The lowest BCUT2D eigenvalue weighted by molar-refractivity contribution is -0.0589. The predicted octanol–water partition coefficient (Wildman–Crippen LogP) is 6.58. The molecule has 42 heavy (non-hydrogen) atoms. The van der Waals surface area contributed by atoms with Crippen LogP contribution in [0, 0.1) is 24.1 Å². The van der Waals surface area contributed by atoms with Gasteiger partial charge < -0.3 is 14.0 Å². The number of imidazole rings is 1. The van der Waals surface area contributed by atoms with E-state index >= 15 is 0 Å². The van der Waals surface area contributed by atoms with Crippen molar-refractivity contribution in [3.8, 4) is 23.2 Å². The molecule has 1 aliphatic rings. The van der Waals surface area contributed by atoms with Gasteiger partial charge in [-0.15, -0.1) is 0 Å². The molecule has 0 radical (unpaired) electrons. The first-order valence-corrected chi connectivity index (χ1v) is 13.9. The van der Waals surface area contributed by atoms with Gasteiger partial charge in [0.05, 0.1) is 41.0 Å². The van der Waals surface area contributed by atoms with E-state index < -0.39 is 5.82 Å². The summed E-state index contributed by atoms with van der Waals surface area (Å²) in [5, 5.41) is 8.95. The van der Waals surface area contributed by atoms with Gasteiger partial charge in [0, 0.05) is 35.8 Å². The lowest BCUT2D eigenvalue weighted by Crippen LogP contribution is -2.31. The first-order valence-electron chi connectivity index (χ1n) is 13.9. The molecular formula is C34H29FN4O3. The minimum absolute atomic E-state index is 0.00667. The largest absolute Gasteiger partial charge is 0.473 e. The number of rotatable bonds is 9. The third-order valence-corrected chi connectivity index (χ3v) is 7.62. The van der Waals surface area contributed by atoms with Crippen molar-refractivity contribution in [2.45, 2.75) is 45.9 Å². The molecule has 1 atom stereocenters. The van der Waals surface area contributed by atoms with E-state index in [1.165, 1.54) is 6.07 Å². The summed E-state index contributed by atoms with van der Waals surface area (Å²) in [7, 11) is 0. The highest BCUT2D eigenvalue weighted by Crippen LogP contribution is 2.28. The number of halogens is 1. The van der Waals surface area contributed by atoms with Gasteiger partial charge in [0.25, 0.3) is 0 Å². The summed E-state index contributed by atoms with van der Waals surface area (Å²) in [4.78, 5) is 21.6. The third kappa shape index (κ3) is 5.65. The Morgan fingerprint density at radius 2 is 1.98 bits per heavy atom. The van der Waals surface area contributed by atoms with Crippen molar-refractivity contribution in [2.75, 3.05) is 6.61 Å². The molecule has 1 saturated heterocycles. The van der Waals surface area contributed by atoms with E-state index in [4.69, 9.17) is 19.7 Å². The van der Waals surface area contributed by atoms with Crippen molar-refractivity contribution in [3.05, 3.63) is 112 Å². The van der Waals surface area contributed by atoms with Gasteiger partial charge >= 0.3 is 0 Å². The number of nitriles is 1. The number of benzene rings is 3. The minimum atomic E-state index is -0.482. The maximum atomic E-state index is 14.3. The van der Waals surface area contributed by atoms with Crippen LogP contribution in [-0.2, 0) is 24.3 Å². The Kier molecular flexibility index (Phi) is 7.51. The second-order valence-corrected chi connectivity index (χ2v) is 10.6. The summed E-state index contributed by atoms with van der Waals surface area (Å²) in [6.45, 7) is 5.11. The van der Waals surface area contributed by atoms with Crippen molar-refractivity contribution in [1.29, 1.82) is 5.26 Å². The maximum absolute atomic E-state index is 14.3. The molecule has 0 unspecified atom stereocenters. The van der Waals surface area contributed by atoms with Crippen LogP contribution in [0.5, 0.6) is 5.88 Å². The van der Waals surface area contributed by atoms with Gasteiger partial charge in [-0.1, -0.05) is 30.3 Å². The topological polar surface area (TPSA) is 90.0 Å². The molecule has 0 N–H and O–H groups in total. The van der Waals surface area contributed by atoms with Crippen molar-refractivity contribution in [1.82, 2.24) is 14.5 Å². The van der Waals surface area contributed by atoms with Gasteiger partial charge in [0.15, 0.2) is 5.78 Å². The summed E-state index contributed by atoms with van der Waals surface area (Å²) in [5.41, 5.74) is 6.99. The lowest BCUT2D eigenvalue weighted by atomic mass is 10.0. The Morgan fingerprint density at radius 1 is 1.12 bits per heavy atom. The molecule has 7 nitrogen and oxygen atoms in total. The summed E-state index contributed by atoms with van der Waals surface area (Å²) in [6.07, 6.45) is 1.79. The number of Topliss-reactive ketones (excluding diaryl/α,β-unsaturated/α-hetero) is 1. The summed E-state index contributed by atoms with van der Waals surface area (Å²) in [5.74, 6) is 0.861. The first-order chi connectivity index (χ1) is 20.4. The summed E-state index contributed by atoms with van der Waals surface area (Å²) < 4.78 is 28.0. The van der Waals surface area contributed by atoms with Gasteiger partial charge in [-0.2, -0.15) is 5.26 Å². The summed E-state index contributed by atoms with van der Waals surface area (Å²) in [6, 6.07) is 23.7.